The molecule has 0 unspecified atom stereocenters. The Morgan fingerprint density at radius 1 is 1.50 bits per heavy atom. The Balaban J connectivity index is 2.69. The first-order valence-electron chi connectivity index (χ1n) is 5.61. The van der Waals surface area contributed by atoms with Crippen LogP contribution in [0.1, 0.15) is 24.6 Å². The Kier molecular flexibility index (Phi) is 5.25. The predicted molar refractivity (Wildman–Crippen MR) is 65.6 cm³/mol. The van der Waals surface area contributed by atoms with Crippen LogP contribution in [0.15, 0.2) is 0 Å². The van der Waals surface area contributed by atoms with Gasteiger partial charge in [-0.05, 0) is 19.9 Å². The van der Waals surface area contributed by atoms with E-state index in [4.69, 9.17) is 16.7 Å². The van der Waals surface area contributed by atoms with Gasteiger partial charge in [0.1, 0.15) is 5.15 Å². The first-order valence-corrected chi connectivity index (χ1v) is 5.99. The minimum atomic E-state index is 0.232. The van der Waals surface area contributed by atoms with Gasteiger partial charge in [0.2, 0.25) is 0 Å². The number of aromatic nitrogens is 2. The third-order valence-corrected chi connectivity index (χ3v) is 3.20. The van der Waals surface area contributed by atoms with Gasteiger partial charge < -0.3 is 5.11 Å². The summed E-state index contributed by atoms with van der Waals surface area (Å²) < 4.78 is 1.70. The largest absolute Gasteiger partial charge is 0.396 e. The fourth-order valence-corrected chi connectivity index (χ4v) is 1.95. The van der Waals surface area contributed by atoms with Gasteiger partial charge in [-0.25, -0.2) is 0 Å². The zero-order chi connectivity index (χ0) is 12.1. The summed E-state index contributed by atoms with van der Waals surface area (Å²) in [6.45, 7) is 6.95. The van der Waals surface area contributed by atoms with Gasteiger partial charge in [0.25, 0.3) is 0 Å². The third kappa shape index (κ3) is 3.20. The summed E-state index contributed by atoms with van der Waals surface area (Å²) in [4.78, 5) is 2.26. The molecule has 0 bridgehead atoms. The molecule has 0 amide bonds. The van der Waals surface area contributed by atoms with Gasteiger partial charge in [-0.1, -0.05) is 18.5 Å². The van der Waals surface area contributed by atoms with Crippen molar-refractivity contribution >= 4 is 11.6 Å². The van der Waals surface area contributed by atoms with Crippen LogP contribution in [0.4, 0.5) is 0 Å². The van der Waals surface area contributed by atoms with E-state index in [0.717, 1.165) is 37.3 Å². The normalized spacial score (nSPS) is 11.4. The van der Waals surface area contributed by atoms with Gasteiger partial charge in [-0.3, -0.25) is 9.58 Å². The van der Waals surface area contributed by atoms with Crippen molar-refractivity contribution in [2.24, 2.45) is 7.05 Å². The van der Waals surface area contributed by atoms with Gasteiger partial charge >= 0.3 is 0 Å². The minimum Gasteiger partial charge on any atom is -0.396 e. The van der Waals surface area contributed by atoms with E-state index >= 15 is 0 Å². The number of hydrogen-bond acceptors (Lipinski definition) is 3. The predicted octanol–water partition coefficient (Wildman–Crippen LogP) is 1.59. The second-order valence-corrected chi connectivity index (χ2v) is 4.28. The van der Waals surface area contributed by atoms with Crippen LogP contribution in [0.25, 0.3) is 0 Å². The highest BCUT2D eigenvalue weighted by Gasteiger charge is 2.13. The monoisotopic (exact) mass is 245 g/mol. The van der Waals surface area contributed by atoms with Crippen LogP contribution in [0, 0.1) is 6.92 Å². The standard InChI is InChI=1S/C11H20ClN3O/c1-4-15(6-5-7-16)8-10-9(2)13-14(3)11(10)12/h16H,4-8H2,1-3H3. The zero-order valence-corrected chi connectivity index (χ0v) is 11.0. The molecule has 0 spiro atoms. The van der Waals surface area contributed by atoms with Crippen LogP contribution in [0.3, 0.4) is 0 Å². The van der Waals surface area contributed by atoms with Crippen LogP contribution in [0.2, 0.25) is 5.15 Å². The molecular weight excluding hydrogens is 226 g/mol. The molecule has 1 N–H and O–H groups in total. The van der Waals surface area contributed by atoms with E-state index in [-0.39, 0.29) is 6.61 Å². The Labute approximate surface area is 102 Å². The molecule has 92 valence electrons. The summed E-state index contributed by atoms with van der Waals surface area (Å²) in [6.07, 6.45) is 0.796. The van der Waals surface area contributed by atoms with E-state index in [9.17, 15) is 0 Å². The zero-order valence-electron chi connectivity index (χ0n) is 10.2. The van der Waals surface area contributed by atoms with Crippen LogP contribution < -0.4 is 0 Å². The van der Waals surface area contributed by atoms with E-state index in [1.54, 1.807) is 4.68 Å². The molecule has 0 saturated heterocycles. The molecular formula is C11H20ClN3O. The first-order chi connectivity index (χ1) is 7.60. The van der Waals surface area contributed by atoms with Crippen molar-refractivity contribution < 1.29 is 5.11 Å². The smallest absolute Gasteiger partial charge is 0.131 e. The number of aliphatic hydroxyl groups is 1. The van der Waals surface area contributed by atoms with E-state index < -0.39 is 0 Å². The maximum absolute atomic E-state index is 8.82. The van der Waals surface area contributed by atoms with Crippen molar-refractivity contribution in [3.8, 4) is 0 Å². The summed E-state index contributed by atoms with van der Waals surface area (Å²) >= 11 is 6.17. The van der Waals surface area contributed by atoms with Crippen molar-refractivity contribution in [1.29, 1.82) is 0 Å². The molecule has 0 radical (unpaired) electrons. The number of rotatable bonds is 6. The third-order valence-electron chi connectivity index (χ3n) is 2.73. The second kappa shape index (κ2) is 6.23. The molecule has 0 saturated carbocycles. The van der Waals surface area contributed by atoms with Crippen molar-refractivity contribution in [2.45, 2.75) is 26.8 Å². The summed E-state index contributed by atoms with van der Waals surface area (Å²) in [7, 11) is 1.85. The van der Waals surface area contributed by atoms with Crippen LogP contribution in [-0.4, -0.2) is 39.5 Å². The maximum atomic E-state index is 8.82. The lowest BCUT2D eigenvalue weighted by Gasteiger charge is -2.19. The van der Waals surface area contributed by atoms with Gasteiger partial charge in [-0.15, -0.1) is 0 Å². The lowest BCUT2D eigenvalue weighted by molar-refractivity contribution is 0.225. The lowest BCUT2D eigenvalue weighted by Crippen LogP contribution is -2.25. The van der Waals surface area contributed by atoms with Crippen molar-refractivity contribution in [3.05, 3.63) is 16.4 Å². The quantitative estimate of drug-likeness (QED) is 0.828. The summed E-state index contributed by atoms with van der Waals surface area (Å²) in [5, 5.41) is 13.8. The highest BCUT2D eigenvalue weighted by atomic mass is 35.5. The fourth-order valence-electron chi connectivity index (χ4n) is 1.72. The average Bonchev–Trinajstić information content (AvgIpc) is 2.50. The molecule has 0 fully saturated rings. The summed E-state index contributed by atoms with van der Waals surface area (Å²) in [5.74, 6) is 0. The van der Waals surface area contributed by atoms with Gasteiger partial charge in [0.15, 0.2) is 0 Å². The summed E-state index contributed by atoms with van der Waals surface area (Å²) in [6, 6.07) is 0. The average molecular weight is 246 g/mol. The Morgan fingerprint density at radius 3 is 2.62 bits per heavy atom. The van der Waals surface area contributed by atoms with E-state index in [1.807, 2.05) is 14.0 Å². The lowest BCUT2D eigenvalue weighted by atomic mass is 10.2. The van der Waals surface area contributed by atoms with E-state index in [2.05, 4.69) is 16.9 Å². The highest BCUT2D eigenvalue weighted by Crippen LogP contribution is 2.20. The molecule has 0 atom stereocenters. The van der Waals surface area contributed by atoms with Gasteiger partial charge in [-0.2, -0.15) is 5.10 Å². The van der Waals surface area contributed by atoms with E-state index in [0.29, 0.717) is 5.15 Å². The van der Waals surface area contributed by atoms with Crippen molar-refractivity contribution in [1.82, 2.24) is 14.7 Å². The Morgan fingerprint density at radius 2 is 2.19 bits per heavy atom. The van der Waals surface area contributed by atoms with Crippen LogP contribution >= 0.6 is 11.6 Å². The van der Waals surface area contributed by atoms with Gasteiger partial charge in [0, 0.05) is 32.3 Å². The molecule has 4 nitrogen and oxygen atoms in total. The minimum absolute atomic E-state index is 0.232. The molecule has 1 aromatic rings. The molecule has 1 aromatic heterocycles. The molecule has 1 heterocycles. The molecule has 16 heavy (non-hydrogen) atoms. The number of aliphatic hydroxyl groups excluding tert-OH is 1. The molecule has 0 aliphatic heterocycles. The number of nitrogens with zero attached hydrogens (tertiary/aromatic N) is 3. The molecule has 0 aliphatic carbocycles. The van der Waals surface area contributed by atoms with Crippen LogP contribution in [-0.2, 0) is 13.6 Å². The number of hydrogen-bond donors (Lipinski definition) is 1. The summed E-state index contributed by atoms with van der Waals surface area (Å²) in [5.41, 5.74) is 2.07. The maximum Gasteiger partial charge on any atom is 0.131 e. The number of halogens is 1. The van der Waals surface area contributed by atoms with Crippen LogP contribution in [0.5, 0.6) is 0 Å². The first kappa shape index (κ1) is 13.5. The Hall–Kier alpha value is -0.580. The molecule has 5 heteroatoms. The van der Waals surface area contributed by atoms with Crippen molar-refractivity contribution in [3.63, 3.8) is 0 Å². The van der Waals surface area contributed by atoms with E-state index in [1.165, 1.54) is 0 Å². The van der Waals surface area contributed by atoms with Gasteiger partial charge in [0.05, 0.1) is 5.69 Å². The molecule has 0 aromatic carbocycles. The number of aryl methyl sites for hydroxylation is 2. The topological polar surface area (TPSA) is 41.3 Å². The van der Waals surface area contributed by atoms with Crippen molar-refractivity contribution in [2.75, 3.05) is 19.7 Å². The Bertz CT molecular complexity index is 338. The fraction of sp³-hybridized carbons (Fsp3) is 0.727. The highest BCUT2D eigenvalue weighted by molar-refractivity contribution is 6.30. The SMILES string of the molecule is CCN(CCCO)Cc1c(C)nn(C)c1Cl. The second-order valence-electron chi connectivity index (χ2n) is 3.92. The molecule has 1 rings (SSSR count). The molecule has 0 aliphatic rings.